The highest BCUT2D eigenvalue weighted by molar-refractivity contribution is 5.22. The van der Waals surface area contributed by atoms with Crippen molar-refractivity contribution in [2.45, 2.75) is 106 Å². The van der Waals surface area contributed by atoms with Crippen LogP contribution in [0, 0.1) is 70.0 Å². The molecule has 5 rings (SSSR count). The summed E-state index contributed by atoms with van der Waals surface area (Å²) in [6.07, 6.45) is 22.4. The topological polar surface area (TPSA) is 0 Å². The summed E-state index contributed by atoms with van der Waals surface area (Å²) in [4.78, 5) is 0. The molecule has 5 saturated carbocycles. The third-order valence-electron chi connectivity index (χ3n) is 12.6. The number of terminal acetylenes is 1. The van der Waals surface area contributed by atoms with Crippen LogP contribution in [0.25, 0.3) is 0 Å². The van der Waals surface area contributed by atoms with E-state index in [1.165, 1.54) is 75.4 Å². The maximum atomic E-state index is 4.54. The predicted octanol–water partition coefficient (Wildman–Crippen LogP) is 9.08. The van der Waals surface area contributed by atoms with Crippen molar-refractivity contribution in [3.8, 4) is 12.8 Å². The molecule has 5 fully saturated rings. The second-order valence-corrected chi connectivity index (χ2v) is 14.0. The summed E-state index contributed by atoms with van der Waals surface area (Å²) in [5, 5.41) is 0. The Kier molecular flexibility index (Phi) is 5.88. The molecule has 5 aliphatic carbocycles. The second kappa shape index (κ2) is 7.79. The Balaban J connectivity index is 0.00000119. The summed E-state index contributed by atoms with van der Waals surface area (Å²) < 4.78 is 0. The van der Waals surface area contributed by atoms with E-state index in [1.54, 1.807) is 0 Å². The van der Waals surface area contributed by atoms with E-state index in [0.29, 0.717) is 21.7 Å². The summed E-state index contributed by atoms with van der Waals surface area (Å²) >= 11 is 0. The minimum absolute atomic E-state index is 0.326. The fourth-order valence-electron chi connectivity index (χ4n) is 11.1. The smallest absolute Gasteiger partial charge is 0.0114 e. The van der Waals surface area contributed by atoms with Gasteiger partial charge < -0.3 is 0 Å². The van der Waals surface area contributed by atoms with E-state index in [1.807, 2.05) is 0 Å². The van der Waals surface area contributed by atoms with E-state index >= 15 is 0 Å². The molecule has 0 amide bonds. The van der Waals surface area contributed by atoms with Crippen molar-refractivity contribution in [3.63, 3.8) is 0 Å². The van der Waals surface area contributed by atoms with Crippen molar-refractivity contribution in [2.24, 2.45) is 57.2 Å². The highest BCUT2D eigenvalue weighted by atomic mass is 14.7. The zero-order valence-corrected chi connectivity index (χ0v) is 22.1. The monoisotopic (exact) mass is 434 g/mol. The van der Waals surface area contributed by atoms with Crippen molar-refractivity contribution < 1.29 is 0 Å². The largest absolute Gasteiger partial charge is 0.124 e. The van der Waals surface area contributed by atoms with Gasteiger partial charge in [0.1, 0.15) is 0 Å². The van der Waals surface area contributed by atoms with Crippen LogP contribution in [0.4, 0.5) is 0 Å². The molecule has 0 heterocycles. The van der Waals surface area contributed by atoms with E-state index in [0.717, 1.165) is 35.5 Å². The fraction of sp³-hybridized carbons (Fsp3) is 0.812. The molecule has 0 radical (unpaired) electrons. The highest BCUT2D eigenvalue weighted by Crippen LogP contribution is 2.73. The van der Waals surface area contributed by atoms with Crippen LogP contribution in [0.1, 0.15) is 106 Å². The van der Waals surface area contributed by atoms with Crippen LogP contribution in [-0.2, 0) is 0 Å². The first kappa shape index (κ1) is 24.2. The number of hydrogen-bond donors (Lipinski definition) is 0. The van der Waals surface area contributed by atoms with Gasteiger partial charge in [-0.25, -0.2) is 0 Å². The second-order valence-electron chi connectivity index (χ2n) is 14.0. The lowest BCUT2D eigenvalue weighted by Crippen LogP contribution is -2.61. The molecular weight excluding hydrogens is 384 g/mol. The van der Waals surface area contributed by atoms with Crippen LogP contribution >= 0.6 is 0 Å². The van der Waals surface area contributed by atoms with Crippen LogP contribution in [0.2, 0.25) is 0 Å². The molecule has 0 aromatic carbocycles. The molecule has 9 atom stereocenters. The molecule has 0 aromatic heterocycles. The molecule has 0 bridgehead atoms. The van der Waals surface area contributed by atoms with Gasteiger partial charge in [-0.2, -0.15) is 0 Å². The molecule has 178 valence electrons. The Labute approximate surface area is 200 Å². The van der Waals surface area contributed by atoms with Gasteiger partial charge in [-0.3, -0.25) is 0 Å². The predicted molar refractivity (Wildman–Crippen MR) is 139 cm³/mol. The molecule has 0 aromatic rings. The van der Waals surface area contributed by atoms with Gasteiger partial charge >= 0.3 is 0 Å². The molecule has 9 unspecified atom stereocenters. The first-order valence-electron chi connectivity index (χ1n) is 13.6. The zero-order chi connectivity index (χ0) is 23.7. The molecule has 5 aliphatic rings. The molecule has 0 N–H and O–H groups in total. The fourth-order valence-corrected chi connectivity index (χ4v) is 11.1. The van der Waals surface area contributed by atoms with Crippen LogP contribution in [0.15, 0.2) is 24.3 Å². The molecule has 0 aliphatic heterocycles. The van der Waals surface area contributed by atoms with Crippen molar-refractivity contribution >= 4 is 0 Å². The van der Waals surface area contributed by atoms with Crippen LogP contribution in [0.5, 0.6) is 0 Å². The first-order valence-corrected chi connectivity index (χ1v) is 13.6. The van der Waals surface area contributed by atoms with Crippen LogP contribution in [0.3, 0.4) is 0 Å². The molecule has 0 nitrogen and oxygen atoms in total. The Morgan fingerprint density at radius 2 is 1.47 bits per heavy atom. The minimum Gasteiger partial charge on any atom is -0.124 e. The van der Waals surface area contributed by atoms with Gasteiger partial charge in [-0.05, 0) is 128 Å². The van der Waals surface area contributed by atoms with Gasteiger partial charge in [0, 0.05) is 0 Å². The highest BCUT2D eigenvalue weighted by Gasteiger charge is 2.65. The van der Waals surface area contributed by atoms with Gasteiger partial charge in [-0.1, -0.05) is 58.9 Å². The molecular formula is C32H50. The quantitative estimate of drug-likeness (QED) is 0.285. The van der Waals surface area contributed by atoms with E-state index in [4.69, 9.17) is 0 Å². The summed E-state index contributed by atoms with van der Waals surface area (Å²) in [7, 11) is 0. The Bertz CT molecular complexity index is 796. The number of rotatable bonds is 1. The van der Waals surface area contributed by atoms with E-state index in [-0.39, 0.29) is 0 Å². The Morgan fingerprint density at radius 3 is 2.12 bits per heavy atom. The Morgan fingerprint density at radius 1 is 0.812 bits per heavy atom. The number of allylic oxidation sites excluding steroid dienone is 2. The average molecular weight is 435 g/mol. The zero-order valence-electron chi connectivity index (χ0n) is 22.1. The third-order valence-corrected chi connectivity index (χ3v) is 12.6. The molecule has 0 heteroatoms. The van der Waals surface area contributed by atoms with Gasteiger partial charge in [-0.15, -0.1) is 12.8 Å². The number of fused-ring (bicyclic) bond motifs is 7. The minimum atomic E-state index is 0.326. The maximum Gasteiger partial charge on any atom is -0.0114 e. The van der Waals surface area contributed by atoms with Crippen molar-refractivity contribution in [1.82, 2.24) is 0 Å². The van der Waals surface area contributed by atoms with E-state index < -0.39 is 0 Å². The SMILES string of the molecule is C#C.C=C(C)C1CCC2(C)CCC3C(CCC4C3(C)CCC3C(C)(C)C(=C)CCC34C)C12. The maximum absolute atomic E-state index is 4.54. The number of hydrogen-bond acceptors (Lipinski definition) is 0. The molecule has 32 heavy (non-hydrogen) atoms. The normalized spacial score (nSPS) is 51.2. The van der Waals surface area contributed by atoms with Crippen LogP contribution in [-0.4, -0.2) is 0 Å². The lowest BCUT2D eigenvalue weighted by molar-refractivity contribution is -0.188. The third kappa shape index (κ3) is 3.08. The lowest BCUT2D eigenvalue weighted by Gasteiger charge is -2.69. The summed E-state index contributed by atoms with van der Waals surface area (Å²) in [5.74, 6) is 5.39. The summed E-state index contributed by atoms with van der Waals surface area (Å²) in [6.45, 7) is 24.5. The van der Waals surface area contributed by atoms with Crippen molar-refractivity contribution in [1.29, 1.82) is 0 Å². The van der Waals surface area contributed by atoms with Crippen molar-refractivity contribution in [3.05, 3.63) is 24.3 Å². The summed E-state index contributed by atoms with van der Waals surface area (Å²) in [6, 6.07) is 0. The van der Waals surface area contributed by atoms with Gasteiger partial charge in [0.15, 0.2) is 0 Å². The average Bonchev–Trinajstić information content (AvgIpc) is 3.10. The molecule has 0 saturated heterocycles. The first-order chi connectivity index (χ1) is 14.9. The van der Waals surface area contributed by atoms with E-state index in [2.05, 4.69) is 67.5 Å². The molecule has 0 spiro atoms. The van der Waals surface area contributed by atoms with Crippen molar-refractivity contribution in [2.75, 3.05) is 0 Å². The van der Waals surface area contributed by atoms with Gasteiger partial charge in [0.25, 0.3) is 0 Å². The van der Waals surface area contributed by atoms with Gasteiger partial charge in [0.05, 0.1) is 0 Å². The van der Waals surface area contributed by atoms with Crippen LogP contribution < -0.4 is 0 Å². The Hall–Kier alpha value is -0.960. The summed E-state index contributed by atoms with van der Waals surface area (Å²) in [5.41, 5.74) is 5.03. The lowest BCUT2D eigenvalue weighted by atomic mass is 9.36. The van der Waals surface area contributed by atoms with Gasteiger partial charge in [0.2, 0.25) is 0 Å². The standard InChI is InChI=1S/C30H48.C2H2/c1-19(2)21-12-15-28(6)16-13-23-22(26(21)28)9-10-25-29(23,7)18-14-24-27(4,5)20(3)11-17-30(24,25)8;1-2/h21-26H,1,3,9-18H2,2,4-8H3;1-2H. The van der Waals surface area contributed by atoms with E-state index in [9.17, 15) is 0 Å².